The Morgan fingerprint density at radius 2 is 1.65 bits per heavy atom. The minimum absolute atomic E-state index is 0.284. The van der Waals surface area contributed by atoms with Crippen LogP contribution in [-0.2, 0) is 4.74 Å². The van der Waals surface area contributed by atoms with Crippen LogP contribution in [0.1, 0.15) is 22.8 Å². The number of amidine groups is 1. The molecule has 0 amide bonds. The Balaban J connectivity index is 2.06. The first kappa shape index (κ1) is 13.8. The van der Waals surface area contributed by atoms with Crippen LogP contribution in [0.3, 0.4) is 0 Å². The zero-order valence-electron chi connectivity index (χ0n) is 11.2. The number of nitrogens with one attached hydrogen (secondary N) is 2. The first-order valence-electron chi connectivity index (χ1n) is 6.39. The van der Waals surface area contributed by atoms with Crippen molar-refractivity contribution in [2.24, 2.45) is 0 Å². The number of para-hydroxylation sites is 1. The van der Waals surface area contributed by atoms with Gasteiger partial charge >= 0.3 is 5.97 Å². The number of anilines is 1. The molecule has 2 N–H and O–H groups in total. The van der Waals surface area contributed by atoms with Crippen LogP contribution < -0.4 is 5.32 Å². The lowest BCUT2D eigenvalue weighted by Crippen LogP contribution is -2.12. The maximum absolute atomic E-state index is 11.5. The predicted molar refractivity (Wildman–Crippen MR) is 79.3 cm³/mol. The molecule has 0 saturated heterocycles. The quantitative estimate of drug-likeness (QED) is 0.508. The number of hydrogen-bond donors (Lipinski definition) is 2. The number of carbonyl (C=O) groups excluding carboxylic acids is 1. The van der Waals surface area contributed by atoms with Gasteiger partial charge < -0.3 is 10.1 Å². The monoisotopic (exact) mass is 268 g/mol. The molecule has 0 aliphatic heterocycles. The van der Waals surface area contributed by atoms with E-state index in [4.69, 9.17) is 10.1 Å². The van der Waals surface area contributed by atoms with Crippen molar-refractivity contribution in [3.8, 4) is 0 Å². The fourth-order valence-electron chi connectivity index (χ4n) is 1.73. The smallest absolute Gasteiger partial charge is 0.338 e. The van der Waals surface area contributed by atoms with Gasteiger partial charge in [-0.15, -0.1) is 0 Å². The average molecular weight is 268 g/mol. The summed E-state index contributed by atoms with van der Waals surface area (Å²) in [6.45, 7) is 2.12. The Morgan fingerprint density at radius 3 is 2.25 bits per heavy atom. The van der Waals surface area contributed by atoms with Crippen LogP contribution in [0.4, 0.5) is 5.69 Å². The first-order valence-corrected chi connectivity index (χ1v) is 6.39. The molecule has 0 fully saturated rings. The van der Waals surface area contributed by atoms with Crippen molar-refractivity contribution in [2.75, 3.05) is 11.9 Å². The second-order valence-corrected chi connectivity index (χ2v) is 4.16. The lowest BCUT2D eigenvalue weighted by Gasteiger charge is -2.08. The summed E-state index contributed by atoms with van der Waals surface area (Å²) in [6, 6.07) is 16.3. The van der Waals surface area contributed by atoms with Crippen LogP contribution in [0.25, 0.3) is 0 Å². The van der Waals surface area contributed by atoms with E-state index in [-0.39, 0.29) is 11.8 Å². The topological polar surface area (TPSA) is 62.2 Å². The summed E-state index contributed by atoms with van der Waals surface area (Å²) in [6.07, 6.45) is 0. The van der Waals surface area contributed by atoms with Crippen LogP contribution in [0.5, 0.6) is 0 Å². The minimum atomic E-state index is -0.346. The van der Waals surface area contributed by atoms with Crippen molar-refractivity contribution in [3.63, 3.8) is 0 Å². The van der Waals surface area contributed by atoms with Gasteiger partial charge in [0.1, 0.15) is 5.84 Å². The summed E-state index contributed by atoms with van der Waals surface area (Å²) in [7, 11) is 0. The molecule has 4 heteroatoms. The Labute approximate surface area is 117 Å². The number of benzene rings is 2. The summed E-state index contributed by atoms with van der Waals surface area (Å²) >= 11 is 0. The van der Waals surface area contributed by atoms with E-state index in [0.29, 0.717) is 17.7 Å². The summed E-state index contributed by atoms with van der Waals surface area (Å²) in [5.74, 6) is -0.0618. The van der Waals surface area contributed by atoms with Gasteiger partial charge in [-0.05, 0) is 31.2 Å². The van der Waals surface area contributed by atoms with Gasteiger partial charge in [-0.1, -0.05) is 30.3 Å². The van der Waals surface area contributed by atoms with Crippen molar-refractivity contribution < 1.29 is 9.53 Å². The van der Waals surface area contributed by atoms with Gasteiger partial charge in [0.05, 0.1) is 12.2 Å². The zero-order valence-corrected chi connectivity index (χ0v) is 11.2. The highest BCUT2D eigenvalue weighted by molar-refractivity contribution is 6.06. The van der Waals surface area contributed by atoms with Gasteiger partial charge in [0.2, 0.25) is 0 Å². The van der Waals surface area contributed by atoms with Gasteiger partial charge in [0.15, 0.2) is 0 Å². The fourth-order valence-corrected chi connectivity index (χ4v) is 1.73. The highest BCUT2D eigenvalue weighted by Gasteiger charge is 2.07. The van der Waals surface area contributed by atoms with E-state index in [1.807, 2.05) is 30.3 Å². The second-order valence-electron chi connectivity index (χ2n) is 4.16. The minimum Gasteiger partial charge on any atom is -0.462 e. The van der Waals surface area contributed by atoms with Gasteiger partial charge in [-0.3, -0.25) is 5.41 Å². The first-order chi connectivity index (χ1) is 9.70. The molecule has 0 heterocycles. The van der Waals surface area contributed by atoms with Gasteiger partial charge in [-0.2, -0.15) is 0 Å². The molecule has 2 aromatic rings. The van der Waals surface area contributed by atoms with E-state index in [0.717, 1.165) is 5.69 Å². The molecule has 2 rings (SSSR count). The van der Waals surface area contributed by atoms with Gasteiger partial charge in [-0.25, -0.2) is 4.79 Å². The van der Waals surface area contributed by atoms with Crippen LogP contribution in [0.15, 0.2) is 54.6 Å². The maximum atomic E-state index is 11.5. The lowest BCUT2D eigenvalue weighted by molar-refractivity contribution is 0.0526. The number of esters is 1. The summed E-state index contributed by atoms with van der Waals surface area (Å²) in [5, 5.41) is 11.0. The second kappa shape index (κ2) is 6.52. The molecule has 0 bridgehead atoms. The Kier molecular flexibility index (Phi) is 4.50. The normalized spacial score (nSPS) is 9.85. The van der Waals surface area contributed by atoms with Crippen LogP contribution in [0.2, 0.25) is 0 Å². The van der Waals surface area contributed by atoms with Crippen molar-refractivity contribution in [3.05, 3.63) is 65.7 Å². The zero-order chi connectivity index (χ0) is 14.4. The SMILES string of the molecule is CCOC(=O)c1ccc(C(=N)Nc2ccccc2)cc1. The molecule has 0 spiro atoms. The maximum Gasteiger partial charge on any atom is 0.338 e. The van der Waals surface area contributed by atoms with Crippen molar-refractivity contribution in [1.29, 1.82) is 5.41 Å². The summed E-state index contributed by atoms with van der Waals surface area (Å²) in [4.78, 5) is 11.5. The number of carbonyl (C=O) groups is 1. The number of rotatable bonds is 4. The van der Waals surface area contributed by atoms with Crippen LogP contribution in [0, 0.1) is 5.41 Å². The highest BCUT2D eigenvalue weighted by Crippen LogP contribution is 2.10. The molecule has 0 atom stereocenters. The van der Waals surface area contributed by atoms with Crippen LogP contribution >= 0.6 is 0 Å². The van der Waals surface area contributed by atoms with E-state index >= 15 is 0 Å². The fraction of sp³-hybridized carbons (Fsp3) is 0.125. The Hall–Kier alpha value is -2.62. The highest BCUT2D eigenvalue weighted by atomic mass is 16.5. The van der Waals surface area contributed by atoms with Crippen LogP contribution in [-0.4, -0.2) is 18.4 Å². The van der Waals surface area contributed by atoms with E-state index < -0.39 is 0 Å². The average Bonchev–Trinajstić information content (AvgIpc) is 2.48. The third-order valence-corrected chi connectivity index (χ3v) is 2.73. The lowest BCUT2D eigenvalue weighted by atomic mass is 10.1. The molecule has 20 heavy (non-hydrogen) atoms. The van der Waals surface area contributed by atoms with Gasteiger partial charge in [0.25, 0.3) is 0 Å². The standard InChI is InChI=1S/C16H16N2O2/c1-2-20-16(19)13-10-8-12(9-11-13)15(17)18-14-6-4-3-5-7-14/h3-11H,2H2,1H3,(H2,17,18). The number of ether oxygens (including phenoxy) is 1. The molecule has 0 radical (unpaired) electrons. The molecule has 4 nitrogen and oxygen atoms in total. The van der Waals surface area contributed by atoms with E-state index in [1.54, 1.807) is 31.2 Å². The largest absolute Gasteiger partial charge is 0.462 e. The van der Waals surface area contributed by atoms with Gasteiger partial charge in [0, 0.05) is 11.3 Å². The third-order valence-electron chi connectivity index (χ3n) is 2.73. The molecule has 0 aromatic heterocycles. The predicted octanol–water partition coefficient (Wildman–Crippen LogP) is 3.30. The van der Waals surface area contributed by atoms with E-state index in [9.17, 15) is 4.79 Å². The van der Waals surface area contributed by atoms with E-state index in [2.05, 4.69) is 5.32 Å². The molecule has 2 aromatic carbocycles. The molecule has 0 saturated carbocycles. The molecule has 0 unspecified atom stereocenters. The molecular formula is C16H16N2O2. The third kappa shape index (κ3) is 3.45. The van der Waals surface area contributed by atoms with Crippen molar-refractivity contribution in [2.45, 2.75) is 6.92 Å². The molecule has 0 aliphatic rings. The summed E-state index contributed by atoms with van der Waals surface area (Å²) < 4.78 is 4.92. The van der Waals surface area contributed by atoms with E-state index in [1.165, 1.54) is 0 Å². The molecular weight excluding hydrogens is 252 g/mol. The van der Waals surface area contributed by atoms with Crippen molar-refractivity contribution >= 4 is 17.5 Å². The Bertz CT molecular complexity index is 592. The molecule has 0 aliphatic carbocycles. The summed E-state index contributed by atoms with van der Waals surface area (Å²) in [5.41, 5.74) is 2.05. The molecule has 102 valence electrons. The number of hydrogen-bond acceptors (Lipinski definition) is 3. The Morgan fingerprint density at radius 1 is 1.05 bits per heavy atom. The van der Waals surface area contributed by atoms with Crippen molar-refractivity contribution in [1.82, 2.24) is 0 Å².